The Labute approximate surface area is 168 Å². The molecule has 3 heterocycles. The number of carbonyl (C=O) groups is 1. The second-order valence-corrected chi connectivity index (χ2v) is 6.70. The van der Waals surface area contributed by atoms with E-state index in [-0.39, 0.29) is 29.2 Å². The van der Waals surface area contributed by atoms with Crippen LogP contribution >= 0.6 is 0 Å². The van der Waals surface area contributed by atoms with E-state index in [1.54, 1.807) is 19.3 Å². The van der Waals surface area contributed by atoms with Crippen LogP contribution in [0.5, 0.6) is 0 Å². The van der Waals surface area contributed by atoms with Gasteiger partial charge in [0.05, 0.1) is 17.4 Å². The second-order valence-electron chi connectivity index (χ2n) is 6.70. The van der Waals surface area contributed by atoms with Crippen LogP contribution in [0.4, 0.5) is 17.3 Å². The van der Waals surface area contributed by atoms with Gasteiger partial charge in [0.2, 0.25) is 11.6 Å². The van der Waals surface area contributed by atoms with Crippen LogP contribution in [0.2, 0.25) is 0 Å². The Kier molecular flexibility index (Phi) is 6.88. The summed E-state index contributed by atoms with van der Waals surface area (Å²) in [5, 5.41) is 14.8. The molecule has 0 amide bonds. The number of aromatic nitrogens is 3. The zero-order valence-corrected chi connectivity index (χ0v) is 16.3. The fourth-order valence-corrected chi connectivity index (χ4v) is 3.36. The van der Waals surface area contributed by atoms with E-state index in [0.29, 0.717) is 45.5 Å². The van der Waals surface area contributed by atoms with Crippen LogP contribution in [-0.4, -0.2) is 52.1 Å². The highest BCUT2D eigenvalue weighted by Crippen LogP contribution is 2.34. The lowest BCUT2D eigenvalue weighted by atomic mass is 9.97. The van der Waals surface area contributed by atoms with Crippen LogP contribution in [0.1, 0.15) is 25.3 Å². The van der Waals surface area contributed by atoms with Gasteiger partial charge in [0.25, 0.3) is 0 Å². The minimum Gasteiger partial charge on any atom is -0.466 e. The number of pyridine rings is 1. The van der Waals surface area contributed by atoms with Crippen LogP contribution in [-0.2, 0) is 16.0 Å². The third-order valence-corrected chi connectivity index (χ3v) is 4.83. The van der Waals surface area contributed by atoms with Gasteiger partial charge in [-0.15, -0.1) is 0 Å². The van der Waals surface area contributed by atoms with Gasteiger partial charge >= 0.3 is 11.7 Å². The van der Waals surface area contributed by atoms with E-state index in [1.165, 1.54) is 6.33 Å². The van der Waals surface area contributed by atoms with Crippen molar-refractivity contribution in [2.45, 2.75) is 26.2 Å². The number of nitrogens with one attached hydrogen (secondary N) is 1. The first-order valence-corrected chi connectivity index (χ1v) is 9.64. The van der Waals surface area contributed by atoms with E-state index in [1.807, 2.05) is 17.0 Å². The molecule has 154 valence electrons. The van der Waals surface area contributed by atoms with Crippen molar-refractivity contribution in [3.8, 4) is 0 Å². The Hall–Kier alpha value is -3.30. The number of ether oxygens (including phenoxy) is 1. The van der Waals surface area contributed by atoms with Crippen LogP contribution in [0, 0.1) is 16.0 Å². The molecule has 1 fully saturated rings. The summed E-state index contributed by atoms with van der Waals surface area (Å²) in [4.78, 5) is 37.3. The largest absolute Gasteiger partial charge is 0.466 e. The molecule has 1 saturated heterocycles. The highest BCUT2D eigenvalue weighted by atomic mass is 16.6. The molecule has 0 saturated carbocycles. The predicted molar refractivity (Wildman–Crippen MR) is 107 cm³/mol. The summed E-state index contributed by atoms with van der Waals surface area (Å²) >= 11 is 0. The summed E-state index contributed by atoms with van der Waals surface area (Å²) in [5.74, 6) is 0.0823. The molecule has 0 aliphatic carbocycles. The zero-order chi connectivity index (χ0) is 20.6. The van der Waals surface area contributed by atoms with Gasteiger partial charge in [-0.05, 0) is 37.8 Å². The lowest BCUT2D eigenvalue weighted by Crippen LogP contribution is -2.37. The number of nitro groups is 1. The summed E-state index contributed by atoms with van der Waals surface area (Å²) in [7, 11) is 0. The first-order valence-electron chi connectivity index (χ1n) is 9.64. The Balaban J connectivity index is 1.69. The maximum atomic E-state index is 11.9. The number of rotatable bonds is 8. The molecule has 3 rings (SSSR count). The number of carbonyl (C=O) groups excluding carboxylic acids is 1. The van der Waals surface area contributed by atoms with Crippen molar-refractivity contribution in [2.24, 2.45) is 5.92 Å². The van der Waals surface area contributed by atoms with Crippen LogP contribution in [0.15, 0.2) is 30.9 Å². The van der Waals surface area contributed by atoms with E-state index in [4.69, 9.17) is 4.74 Å². The molecule has 0 bridgehead atoms. The van der Waals surface area contributed by atoms with Crippen LogP contribution < -0.4 is 10.2 Å². The van der Waals surface area contributed by atoms with Gasteiger partial charge in [-0.1, -0.05) is 6.07 Å². The highest BCUT2D eigenvalue weighted by Gasteiger charge is 2.32. The molecule has 1 aliphatic rings. The molecule has 0 unspecified atom stereocenters. The predicted octanol–water partition coefficient (Wildman–Crippen LogP) is 2.21. The first kappa shape index (κ1) is 20.4. The number of anilines is 2. The number of hydrogen-bond acceptors (Lipinski definition) is 9. The number of nitrogens with zero attached hydrogens (tertiary/aromatic N) is 5. The molecule has 29 heavy (non-hydrogen) atoms. The van der Waals surface area contributed by atoms with Gasteiger partial charge in [0.15, 0.2) is 0 Å². The van der Waals surface area contributed by atoms with E-state index in [0.717, 1.165) is 5.56 Å². The summed E-state index contributed by atoms with van der Waals surface area (Å²) in [6.07, 6.45) is 6.59. The molecular formula is C19H24N6O4. The lowest BCUT2D eigenvalue weighted by Gasteiger charge is -2.31. The molecule has 0 aromatic carbocycles. The number of hydrogen-bond donors (Lipinski definition) is 1. The SMILES string of the molecule is CCOC(=O)C1CCN(c2ncnc(NCCc3cccnc3)c2[N+](=O)[O-])CC1. The smallest absolute Gasteiger partial charge is 0.353 e. The first-order chi connectivity index (χ1) is 14.1. The Bertz CT molecular complexity index is 840. The quantitative estimate of drug-likeness (QED) is 0.403. The molecule has 1 aliphatic heterocycles. The van der Waals surface area contributed by atoms with Crippen molar-refractivity contribution in [3.05, 3.63) is 46.5 Å². The maximum absolute atomic E-state index is 11.9. The second kappa shape index (κ2) is 9.76. The molecule has 0 atom stereocenters. The van der Waals surface area contributed by atoms with Gasteiger partial charge in [-0.2, -0.15) is 0 Å². The van der Waals surface area contributed by atoms with Gasteiger partial charge in [0, 0.05) is 32.0 Å². The van der Waals surface area contributed by atoms with Crippen molar-refractivity contribution >= 4 is 23.3 Å². The van der Waals surface area contributed by atoms with Gasteiger partial charge in [0.1, 0.15) is 6.33 Å². The summed E-state index contributed by atoms with van der Waals surface area (Å²) in [6, 6.07) is 3.79. The molecule has 10 nitrogen and oxygen atoms in total. The van der Waals surface area contributed by atoms with Gasteiger partial charge < -0.3 is 15.0 Å². The van der Waals surface area contributed by atoms with E-state index in [9.17, 15) is 14.9 Å². The van der Waals surface area contributed by atoms with Gasteiger partial charge in [-0.25, -0.2) is 9.97 Å². The van der Waals surface area contributed by atoms with Crippen LogP contribution in [0.3, 0.4) is 0 Å². The third-order valence-electron chi connectivity index (χ3n) is 4.83. The lowest BCUT2D eigenvalue weighted by molar-refractivity contribution is -0.383. The van der Waals surface area contributed by atoms with E-state index < -0.39 is 4.92 Å². The normalized spacial score (nSPS) is 14.4. The number of esters is 1. The van der Waals surface area contributed by atoms with Crippen molar-refractivity contribution in [1.29, 1.82) is 0 Å². The molecule has 0 spiro atoms. The Morgan fingerprint density at radius 3 is 2.83 bits per heavy atom. The monoisotopic (exact) mass is 400 g/mol. The van der Waals surface area contributed by atoms with Gasteiger partial charge in [-0.3, -0.25) is 19.9 Å². The minimum absolute atomic E-state index is 0.145. The molecular weight excluding hydrogens is 376 g/mol. The minimum atomic E-state index is -0.459. The van der Waals surface area contributed by atoms with E-state index in [2.05, 4.69) is 20.3 Å². The van der Waals surface area contributed by atoms with E-state index >= 15 is 0 Å². The zero-order valence-electron chi connectivity index (χ0n) is 16.3. The van der Waals surface area contributed by atoms with Crippen molar-refractivity contribution in [1.82, 2.24) is 15.0 Å². The van der Waals surface area contributed by atoms with Crippen molar-refractivity contribution < 1.29 is 14.5 Å². The average Bonchev–Trinajstić information content (AvgIpc) is 2.74. The molecule has 2 aromatic heterocycles. The maximum Gasteiger partial charge on any atom is 0.353 e. The fourth-order valence-electron chi connectivity index (χ4n) is 3.36. The number of piperidine rings is 1. The summed E-state index contributed by atoms with van der Waals surface area (Å²) in [5.41, 5.74) is 0.881. The van der Waals surface area contributed by atoms with Crippen molar-refractivity contribution in [2.75, 3.05) is 36.5 Å². The Morgan fingerprint density at radius 2 is 2.17 bits per heavy atom. The highest BCUT2D eigenvalue weighted by molar-refractivity contribution is 5.74. The third kappa shape index (κ3) is 5.15. The van der Waals surface area contributed by atoms with Crippen molar-refractivity contribution in [3.63, 3.8) is 0 Å². The Morgan fingerprint density at radius 1 is 1.38 bits per heavy atom. The fraction of sp³-hybridized carbons (Fsp3) is 0.474. The molecule has 10 heteroatoms. The molecule has 2 aromatic rings. The summed E-state index contributed by atoms with van der Waals surface area (Å²) < 4.78 is 5.08. The molecule has 0 radical (unpaired) electrons. The summed E-state index contributed by atoms with van der Waals surface area (Å²) in [6.45, 7) is 3.60. The average molecular weight is 400 g/mol. The topological polar surface area (TPSA) is 123 Å². The van der Waals surface area contributed by atoms with Crippen LogP contribution in [0.25, 0.3) is 0 Å². The standard InChI is InChI=1S/C19H24N6O4/c1-2-29-19(26)15-6-10-24(11-7-15)18-16(25(27)28)17(22-13-23-18)21-9-5-14-4-3-8-20-12-14/h3-4,8,12-13,15H,2,5-7,9-11H2,1H3,(H,21,22,23). The molecule has 1 N–H and O–H groups in total.